The van der Waals surface area contributed by atoms with Crippen LogP contribution in [0.3, 0.4) is 0 Å². The molecular weight excluding hydrogens is 422 g/mol. The summed E-state index contributed by atoms with van der Waals surface area (Å²) in [6.07, 6.45) is 4.04. The van der Waals surface area contributed by atoms with Crippen molar-refractivity contribution in [2.45, 2.75) is 25.7 Å². The zero-order valence-corrected chi connectivity index (χ0v) is 18.5. The first-order valence-electron chi connectivity index (χ1n) is 11.2. The van der Waals surface area contributed by atoms with E-state index in [2.05, 4.69) is 0 Å². The molecule has 1 heterocycles. The summed E-state index contributed by atoms with van der Waals surface area (Å²) in [4.78, 5) is 53.4. The van der Waals surface area contributed by atoms with Crippen LogP contribution in [0, 0.1) is 17.8 Å². The van der Waals surface area contributed by atoms with Crippen molar-refractivity contribution >= 4 is 23.4 Å². The molecule has 0 spiro atoms. The molecule has 0 radical (unpaired) electrons. The first-order valence-corrected chi connectivity index (χ1v) is 11.2. The number of nitrogens with zero attached hydrogens (tertiary/aromatic N) is 1. The van der Waals surface area contributed by atoms with Crippen LogP contribution in [0.1, 0.15) is 31.2 Å². The largest absolute Gasteiger partial charge is 0.491 e. The van der Waals surface area contributed by atoms with Crippen LogP contribution >= 0.6 is 0 Å². The molecule has 1 aromatic rings. The van der Waals surface area contributed by atoms with Gasteiger partial charge < -0.3 is 9.84 Å². The lowest BCUT2D eigenvalue weighted by Gasteiger charge is -2.42. The van der Waals surface area contributed by atoms with Crippen LogP contribution in [-0.2, 0) is 19.2 Å². The van der Waals surface area contributed by atoms with Gasteiger partial charge in [-0.3, -0.25) is 24.1 Å². The number of benzene rings is 1. The van der Waals surface area contributed by atoms with Crippen LogP contribution in [0.4, 0.5) is 0 Å². The minimum absolute atomic E-state index is 0.0897. The van der Waals surface area contributed by atoms with Crippen molar-refractivity contribution in [1.29, 1.82) is 0 Å². The van der Waals surface area contributed by atoms with Gasteiger partial charge in [0, 0.05) is 35.2 Å². The van der Waals surface area contributed by atoms with Gasteiger partial charge in [-0.25, -0.2) is 0 Å². The second kappa shape index (κ2) is 7.92. The summed E-state index contributed by atoms with van der Waals surface area (Å²) in [6.45, 7) is 1.57. The van der Waals surface area contributed by atoms with Gasteiger partial charge in [0.25, 0.3) is 0 Å². The molecule has 2 amide bonds. The highest BCUT2D eigenvalue weighted by Crippen LogP contribution is 2.55. The fraction of sp³-hybridized carbons (Fsp3) is 0.385. The number of allylic oxidation sites excluding steroid dienone is 6. The third kappa shape index (κ3) is 3.14. The van der Waals surface area contributed by atoms with E-state index in [0.29, 0.717) is 34.5 Å². The number of aliphatic hydroxyl groups excluding tert-OH is 1. The quantitative estimate of drug-likeness (QED) is 0.431. The molecule has 1 fully saturated rings. The lowest BCUT2D eigenvalue weighted by atomic mass is 9.59. The molecular formula is C26H25NO6. The predicted octanol–water partition coefficient (Wildman–Crippen LogP) is 2.12. The molecule has 0 aromatic heterocycles. The van der Waals surface area contributed by atoms with E-state index in [0.717, 1.165) is 5.57 Å². The van der Waals surface area contributed by atoms with Crippen molar-refractivity contribution in [3.63, 3.8) is 0 Å². The molecule has 7 heteroatoms. The number of ketones is 2. The number of amides is 2. The summed E-state index contributed by atoms with van der Waals surface area (Å²) in [5, 5.41) is 9.27. The monoisotopic (exact) mass is 447 g/mol. The van der Waals surface area contributed by atoms with E-state index in [-0.39, 0.29) is 48.9 Å². The molecule has 1 aliphatic heterocycles. The third-order valence-electron chi connectivity index (χ3n) is 7.36. The maximum atomic E-state index is 13.4. The topological polar surface area (TPSA) is 101 Å². The van der Waals surface area contributed by atoms with Crippen molar-refractivity contribution in [3.05, 3.63) is 64.3 Å². The zero-order valence-electron chi connectivity index (χ0n) is 18.5. The highest BCUT2D eigenvalue weighted by atomic mass is 16.5. The van der Waals surface area contributed by atoms with Crippen LogP contribution in [0.2, 0.25) is 0 Å². The van der Waals surface area contributed by atoms with Crippen LogP contribution in [-0.4, -0.2) is 53.6 Å². The standard InChI is InChI=1S/C26H25NO6/c1-13-11-19(29)18-12-17-14(7-8-16-22(17)26(32)27(2)25(16)31)21(23(18)24(13)30)15-5-3-4-6-20(15)33-10-9-28/h3-7,11,16-17,21-22,28H,8-10,12H2,1-2H3/t16-,17+,21+,22-/m0/s1. The molecule has 0 saturated carbocycles. The summed E-state index contributed by atoms with van der Waals surface area (Å²) in [6, 6.07) is 7.28. The Morgan fingerprint density at radius 3 is 2.61 bits per heavy atom. The number of fused-ring (bicyclic) bond motifs is 3. The van der Waals surface area contributed by atoms with E-state index in [4.69, 9.17) is 4.74 Å². The zero-order chi connectivity index (χ0) is 23.4. The third-order valence-corrected chi connectivity index (χ3v) is 7.36. The fourth-order valence-corrected chi connectivity index (χ4v) is 5.88. The summed E-state index contributed by atoms with van der Waals surface area (Å²) >= 11 is 0. The highest BCUT2D eigenvalue weighted by Gasteiger charge is 2.55. The minimum atomic E-state index is -0.552. The summed E-state index contributed by atoms with van der Waals surface area (Å²) < 4.78 is 5.79. The highest BCUT2D eigenvalue weighted by molar-refractivity contribution is 6.23. The average molecular weight is 447 g/mol. The normalized spacial score (nSPS) is 28.9. The number of rotatable bonds is 4. The SMILES string of the molecule is CC1=CC(=O)C2=C(C1=O)[C@@H](c1ccccc1OCCO)C1=CC[C@@H]3C(=O)N(C)C(=O)[C@@H]3[C@@H]1C2. The maximum Gasteiger partial charge on any atom is 0.233 e. The number of ether oxygens (including phenoxy) is 1. The molecule has 1 N–H and O–H groups in total. The lowest BCUT2D eigenvalue weighted by molar-refractivity contribution is -0.138. The van der Waals surface area contributed by atoms with Crippen LogP contribution in [0.15, 0.2) is 58.7 Å². The number of carbonyl (C=O) groups is 4. The molecule has 1 saturated heterocycles. The Hall–Kier alpha value is -3.32. The average Bonchev–Trinajstić information content (AvgIpc) is 3.04. The predicted molar refractivity (Wildman–Crippen MR) is 118 cm³/mol. The molecule has 0 unspecified atom stereocenters. The summed E-state index contributed by atoms with van der Waals surface area (Å²) in [5.74, 6) is -2.17. The first-order chi connectivity index (χ1) is 15.8. The van der Waals surface area contributed by atoms with E-state index in [1.165, 1.54) is 18.0 Å². The minimum Gasteiger partial charge on any atom is -0.491 e. The van der Waals surface area contributed by atoms with Crippen molar-refractivity contribution in [3.8, 4) is 5.75 Å². The van der Waals surface area contributed by atoms with E-state index >= 15 is 0 Å². The van der Waals surface area contributed by atoms with Crippen molar-refractivity contribution in [2.24, 2.45) is 17.8 Å². The summed E-state index contributed by atoms with van der Waals surface area (Å²) in [7, 11) is 1.51. The number of likely N-dealkylation sites (tertiary alicyclic amines) is 1. The second-order valence-electron chi connectivity index (χ2n) is 9.07. The van der Waals surface area contributed by atoms with Gasteiger partial charge in [0.15, 0.2) is 11.6 Å². The Balaban J connectivity index is 1.71. The van der Waals surface area contributed by atoms with Gasteiger partial charge in [-0.1, -0.05) is 29.8 Å². The van der Waals surface area contributed by atoms with E-state index < -0.39 is 17.8 Å². The molecule has 170 valence electrons. The van der Waals surface area contributed by atoms with Gasteiger partial charge in [-0.2, -0.15) is 0 Å². The second-order valence-corrected chi connectivity index (χ2v) is 9.07. The van der Waals surface area contributed by atoms with Crippen molar-refractivity contribution < 1.29 is 29.0 Å². The maximum absolute atomic E-state index is 13.4. The lowest BCUT2D eigenvalue weighted by Crippen LogP contribution is -2.39. The molecule has 5 rings (SSSR count). The number of aliphatic hydroxyl groups is 1. The molecule has 3 aliphatic carbocycles. The number of hydrogen-bond donors (Lipinski definition) is 1. The van der Waals surface area contributed by atoms with E-state index in [1.807, 2.05) is 24.3 Å². The Kier molecular flexibility index (Phi) is 5.16. The Bertz CT molecular complexity index is 1190. The molecule has 1 aromatic carbocycles. The Labute approximate surface area is 191 Å². The van der Waals surface area contributed by atoms with E-state index in [1.54, 1.807) is 13.0 Å². The fourth-order valence-electron chi connectivity index (χ4n) is 5.88. The van der Waals surface area contributed by atoms with Gasteiger partial charge in [0.1, 0.15) is 12.4 Å². The van der Waals surface area contributed by atoms with E-state index in [9.17, 15) is 24.3 Å². The Morgan fingerprint density at radius 2 is 1.85 bits per heavy atom. The molecule has 4 atom stereocenters. The van der Waals surface area contributed by atoms with Crippen LogP contribution in [0.25, 0.3) is 0 Å². The van der Waals surface area contributed by atoms with Crippen molar-refractivity contribution in [1.82, 2.24) is 4.90 Å². The van der Waals surface area contributed by atoms with Gasteiger partial charge in [-0.15, -0.1) is 0 Å². The molecule has 4 aliphatic rings. The molecule has 7 nitrogen and oxygen atoms in total. The first kappa shape index (κ1) is 21.5. The smallest absolute Gasteiger partial charge is 0.233 e. The van der Waals surface area contributed by atoms with Gasteiger partial charge in [-0.05, 0) is 37.8 Å². The van der Waals surface area contributed by atoms with Gasteiger partial charge >= 0.3 is 0 Å². The number of Topliss-reactive ketones (excluding diaryl/α,β-unsaturated/α-hetero) is 1. The van der Waals surface area contributed by atoms with Crippen LogP contribution in [0.5, 0.6) is 5.75 Å². The summed E-state index contributed by atoms with van der Waals surface area (Å²) in [5.41, 5.74) is 2.85. The van der Waals surface area contributed by atoms with Crippen LogP contribution < -0.4 is 4.74 Å². The van der Waals surface area contributed by atoms with Gasteiger partial charge in [0.05, 0.1) is 18.4 Å². The molecule has 33 heavy (non-hydrogen) atoms. The Morgan fingerprint density at radius 1 is 1.09 bits per heavy atom. The van der Waals surface area contributed by atoms with Crippen molar-refractivity contribution in [2.75, 3.05) is 20.3 Å². The number of hydrogen-bond acceptors (Lipinski definition) is 6. The number of imide groups is 1. The molecule has 0 bridgehead atoms. The van der Waals surface area contributed by atoms with Gasteiger partial charge in [0.2, 0.25) is 11.8 Å². The number of carbonyl (C=O) groups excluding carboxylic acids is 4. The number of para-hydroxylation sites is 1.